The summed E-state index contributed by atoms with van der Waals surface area (Å²) in [6, 6.07) is -1.19. The van der Waals surface area contributed by atoms with Crippen LogP contribution in [0.15, 0.2) is 0 Å². The third-order valence-corrected chi connectivity index (χ3v) is 5.09. The average molecular weight is 292 g/mol. The lowest BCUT2D eigenvalue weighted by molar-refractivity contribution is -0.139. The molecule has 1 saturated carbocycles. The van der Waals surface area contributed by atoms with Gasteiger partial charge in [-0.2, -0.15) is 23.5 Å². The molecule has 0 aliphatic heterocycles. The van der Waals surface area contributed by atoms with Crippen molar-refractivity contribution in [1.82, 2.24) is 10.6 Å². The molecule has 104 valence electrons. The number of aliphatic carboxylic acids is 1. The highest BCUT2D eigenvalue weighted by molar-refractivity contribution is 8.00. The lowest BCUT2D eigenvalue weighted by Crippen LogP contribution is -2.47. The molecule has 1 aliphatic carbocycles. The maximum atomic E-state index is 11.6. The fourth-order valence-corrected chi connectivity index (χ4v) is 2.73. The fraction of sp³-hybridized carbons (Fsp3) is 0.818. The third kappa shape index (κ3) is 4.97. The Morgan fingerprint density at radius 2 is 2.06 bits per heavy atom. The van der Waals surface area contributed by atoms with Crippen LogP contribution in [0.2, 0.25) is 0 Å². The van der Waals surface area contributed by atoms with Gasteiger partial charge in [0, 0.05) is 11.3 Å². The maximum absolute atomic E-state index is 11.6. The molecule has 0 bridgehead atoms. The number of rotatable bonds is 8. The zero-order valence-corrected chi connectivity index (χ0v) is 12.3. The molecule has 3 N–H and O–H groups in total. The molecule has 0 aromatic carbocycles. The quantitative estimate of drug-likeness (QED) is 0.630. The zero-order valence-electron chi connectivity index (χ0n) is 10.7. The van der Waals surface area contributed by atoms with Crippen molar-refractivity contribution in [2.45, 2.75) is 30.1 Å². The van der Waals surface area contributed by atoms with Crippen molar-refractivity contribution in [3.8, 4) is 0 Å². The molecular weight excluding hydrogens is 272 g/mol. The van der Waals surface area contributed by atoms with Gasteiger partial charge in [0.1, 0.15) is 6.04 Å². The van der Waals surface area contributed by atoms with E-state index in [-0.39, 0.29) is 10.8 Å². The van der Waals surface area contributed by atoms with Gasteiger partial charge in [0.05, 0.1) is 0 Å². The number of carboxylic acid groups (broad SMARTS) is 1. The summed E-state index contributed by atoms with van der Waals surface area (Å²) in [7, 11) is 0. The van der Waals surface area contributed by atoms with Crippen LogP contribution < -0.4 is 10.6 Å². The van der Waals surface area contributed by atoms with Gasteiger partial charge in [-0.15, -0.1) is 0 Å². The average Bonchev–Trinajstić information content (AvgIpc) is 3.12. The monoisotopic (exact) mass is 292 g/mol. The van der Waals surface area contributed by atoms with E-state index in [0.717, 1.165) is 12.8 Å². The van der Waals surface area contributed by atoms with Crippen molar-refractivity contribution in [2.75, 3.05) is 24.8 Å². The molecule has 0 saturated heterocycles. The van der Waals surface area contributed by atoms with E-state index in [9.17, 15) is 9.59 Å². The second-order valence-corrected chi connectivity index (χ2v) is 6.65. The first-order valence-corrected chi connectivity index (χ1v) is 8.46. The van der Waals surface area contributed by atoms with Crippen molar-refractivity contribution in [1.29, 1.82) is 0 Å². The molecule has 5 nitrogen and oxygen atoms in total. The largest absolute Gasteiger partial charge is 0.480 e. The molecule has 0 heterocycles. The second kappa shape index (κ2) is 7.13. The molecule has 1 aliphatic rings. The van der Waals surface area contributed by atoms with E-state index < -0.39 is 12.0 Å². The number of nitrogens with one attached hydrogen (secondary N) is 2. The number of thioether (sulfide) groups is 2. The lowest BCUT2D eigenvalue weighted by atomic mass is 10.2. The Morgan fingerprint density at radius 3 is 2.50 bits per heavy atom. The van der Waals surface area contributed by atoms with Crippen LogP contribution in [0.3, 0.4) is 0 Å². The molecule has 1 rings (SSSR count). The first-order chi connectivity index (χ1) is 8.53. The smallest absolute Gasteiger partial charge is 0.326 e. The summed E-state index contributed by atoms with van der Waals surface area (Å²) in [6.07, 6.45) is 6.61. The van der Waals surface area contributed by atoms with Crippen LogP contribution in [0, 0.1) is 0 Å². The van der Waals surface area contributed by atoms with Crippen molar-refractivity contribution in [3.63, 3.8) is 0 Å². The molecule has 0 aromatic heterocycles. The molecule has 1 fully saturated rings. The van der Waals surface area contributed by atoms with E-state index in [4.69, 9.17) is 5.11 Å². The minimum absolute atomic E-state index is 0.190. The summed E-state index contributed by atoms with van der Waals surface area (Å²) < 4.78 is 0.190. The number of carboxylic acids is 1. The Labute approximate surface area is 116 Å². The topological polar surface area (TPSA) is 78.4 Å². The molecule has 0 aromatic rings. The number of hydrogen-bond acceptors (Lipinski definition) is 4. The molecule has 18 heavy (non-hydrogen) atoms. The summed E-state index contributed by atoms with van der Waals surface area (Å²) in [6.45, 7) is 0.606. The predicted octanol–water partition coefficient (Wildman–Crippen LogP) is 1.39. The van der Waals surface area contributed by atoms with Crippen molar-refractivity contribution >= 4 is 35.5 Å². The number of amides is 2. The highest BCUT2D eigenvalue weighted by atomic mass is 32.2. The number of hydrogen-bond donors (Lipinski definition) is 3. The van der Waals surface area contributed by atoms with Crippen LogP contribution in [0.4, 0.5) is 4.79 Å². The van der Waals surface area contributed by atoms with Gasteiger partial charge in [0.2, 0.25) is 0 Å². The molecular formula is C11H20N2O3S2. The van der Waals surface area contributed by atoms with E-state index in [1.54, 1.807) is 23.5 Å². The van der Waals surface area contributed by atoms with Crippen LogP contribution in [-0.4, -0.2) is 52.7 Å². The summed E-state index contributed by atoms with van der Waals surface area (Å²) in [5, 5.41) is 14.2. The third-order valence-electron chi connectivity index (χ3n) is 3.03. The Bertz CT molecular complexity index is 309. The minimum atomic E-state index is -0.981. The van der Waals surface area contributed by atoms with Crippen LogP contribution in [0.1, 0.15) is 19.3 Å². The first kappa shape index (κ1) is 15.5. The summed E-state index contributed by atoms with van der Waals surface area (Å²) in [5.74, 6) is -0.267. The van der Waals surface area contributed by atoms with E-state index in [1.165, 1.54) is 0 Å². The van der Waals surface area contributed by atoms with Gasteiger partial charge < -0.3 is 15.7 Å². The summed E-state index contributed by atoms with van der Waals surface area (Å²) in [5.41, 5.74) is 0. The number of carbonyl (C=O) groups excluding carboxylic acids is 1. The van der Waals surface area contributed by atoms with Gasteiger partial charge in [-0.1, -0.05) is 0 Å². The van der Waals surface area contributed by atoms with E-state index in [0.29, 0.717) is 18.7 Å². The predicted molar refractivity (Wildman–Crippen MR) is 76.4 cm³/mol. The van der Waals surface area contributed by atoms with Crippen LogP contribution in [0.25, 0.3) is 0 Å². The highest BCUT2D eigenvalue weighted by Crippen LogP contribution is 2.46. The first-order valence-electron chi connectivity index (χ1n) is 5.84. The number of carbonyl (C=O) groups is 2. The lowest BCUT2D eigenvalue weighted by Gasteiger charge is -2.17. The maximum Gasteiger partial charge on any atom is 0.326 e. The number of urea groups is 1. The summed E-state index contributed by atoms with van der Waals surface area (Å²) >= 11 is 3.32. The standard InChI is InChI=1S/C11H20N2O3S2/c1-17-6-3-8(9(14)15)13-10(16)12-7-11(18-2)4-5-11/h8H,3-7H2,1-2H3,(H,14,15)(H2,12,13,16). The SMILES string of the molecule is CSCCC(NC(=O)NCC1(SC)CC1)C(=O)O. The van der Waals surface area contributed by atoms with Crippen molar-refractivity contribution in [3.05, 3.63) is 0 Å². The molecule has 0 spiro atoms. The van der Waals surface area contributed by atoms with Crippen molar-refractivity contribution < 1.29 is 14.7 Å². The Hall–Kier alpha value is -0.560. The van der Waals surface area contributed by atoms with Gasteiger partial charge in [0.25, 0.3) is 0 Å². The highest BCUT2D eigenvalue weighted by Gasteiger charge is 2.42. The van der Waals surface area contributed by atoms with Crippen LogP contribution in [-0.2, 0) is 4.79 Å². The second-order valence-electron chi connectivity index (χ2n) is 4.39. The van der Waals surface area contributed by atoms with Crippen LogP contribution >= 0.6 is 23.5 Å². The van der Waals surface area contributed by atoms with Gasteiger partial charge >= 0.3 is 12.0 Å². The minimum Gasteiger partial charge on any atom is -0.480 e. The Kier molecular flexibility index (Phi) is 6.14. The normalized spacial score (nSPS) is 17.9. The molecule has 1 atom stereocenters. The van der Waals surface area contributed by atoms with Gasteiger partial charge in [-0.05, 0) is 37.5 Å². The molecule has 1 unspecified atom stereocenters. The molecule has 7 heteroatoms. The van der Waals surface area contributed by atoms with Crippen LogP contribution in [0.5, 0.6) is 0 Å². The van der Waals surface area contributed by atoms with Gasteiger partial charge in [-0.25, -0.2) is 9.59 Å². The summed E-state index contributed by atoms with van der Waals surface area (Å²) in [4.78, 5) is 22.6. The van der Waals surface area contributed by atoms with E-state index in [2.05, 4.69) is 10.6 Å². The van der Waals surface area contributed by atoms with Crippen molar-refractivity contribution in [2.24, 2.45) is 0 Å². The Balaban J connectivity index is 2.29. The van der Waals surface area contributed by atoms with E-state index in [1.807, 2.05) is 12.5 Å². The van der Waals surface area contributed by atoms with Gasteiger partial charge in [0.15, 0.2) is 0 Å². The zero-order chi connectivity index (χ0) is 13.6. The molecule has 2 amide bonds. The van der Waals surface area contributed by atoms with E-state index >= 15 is 0 Å². The van der Waals surface area contributed by atoms with Gasteiger partial charge in [-0.3, -0.25) is 0 Å². The fourth-order valence-electron chi connectivity index (χ4n) is 1.54. The Morgan fingerprint density at radius 1 is 1.39 bits per heavy atom. The molecule has 0 radical (unpaired) electrons.